The van der Waals surface area contributed by atoms with Crippen LogP contribution in [0.1, 0.15) is 58.8 Å². The highest BCUT2D eigenvalue weighted by atomic mass is 32.2. The number of piperidine rings is 1. The maximum absolute atomic E-state index is 12.8. The summed E-state index contributed by atoms with van der Waals surface area (Å²) in [5.41, 5.74) is 0. The van der Waals surface area contributed by atoms with Crippen molar-refractivity contribution in [2.75, 3.05) is 13.1 Å². The van der Waals surface area contributed by atoms with Gasteiger partial charge in [0, 0.05) is 19.1 Å². The molecule has 2 fully saturated rings. The fourth-order valence-corrected chi connectivity index (χ4v) is 5.36. The molecule has 1 aromatic carbocycles. The van der Waals surface area contributed by atoms with Gasteiger partial charge in [0.25, 0.3) is 5.91 Å². The van der Waals surface area contributed by atoms with E-state index in [-0.39, 0.29) is 16.8 Å². The molecule has 1 saturated heterocycles. The van der Waals surface area contributed by atoms with Gasteiger partial charge in [0.2, 0.25) is 10.0 Å². The molecule has 1 heterocycles. The number of hydrogen-bond donors (Lipinski definition) is 1. The van der Waals surface area contributed by atoms with Crippen molar-refractivity contribution < 1.29 is 17.9 Å². The molecular formula is C21H32N2O4S. The maximum Gasteiger partial charge on any atom is 0.260 e. The quantitative estimate of drug-likeness (QED) is 0.783. The van der Waals surface area contributed by atoms with Crippen LogP contribution in [0.2, 0.25) is 0 Å². The van der Waals surface area contributed by atoms with Crippen LogP contribution in [0.5, 0.6) is 5.75 Å². The Hall–Kier alpha value is -1.60. The Morgan fingerprint density at radius 1 is 1.07 bits per heavy atom. The highest BCUT2D eigenvalue weighted by Crippen LogP contribution is 2.25. The van der Waals surface area contributed by atoms with Crippen LogP contribution < -0.4 is 10.1 Å². The van der Waals surface area contributed by atoms with E-state index >= 15 is 0 Å². The second-order valence-electron chi connectivity index (χ2n) is 8.16. The van der Waals surface area contributed by atoms with E-state index in [1.54, 1.807) is 35.5 Å². The van der Waals surface area contributed by atoms with E-state index < -0.39 is 16.1 Å². The standard InChI is InChI=1S/C21H32N2O4S/c1-16-12-14-23(15-13-16)28(25,26)20-10-8-19(9-11-20)27-17(2)21(24)22-18-6-4-3-5-7-18/h8-11,16-18H,3-7,12-15H2,1-2H3,(H,22,24)/t17-/m1/s1. The van der Waals surface area contributed by atoms with Gasteiger partial charge in [-0.2, -0.15) is 4.31 Å². The summed E-state index contributed by atoms with van der Waals surface area (Å²) in [4.78, 5) is 12.6. The number of rotatable bonds is 6. The molecule has 0 radical (unpaired) electrons. The number of carbonyl (C=O) groups excluding carboxylic acids is 1. The third-order valence-electron chi connectivity index (χ3n) is 5.84. The zero-order chi connectivity index (χ0) is 20.1. The Labute approximate surface area is 168 Å². The number of benzene rings is 1. The molecule has 1 amide bonds. The molecular weight excluding hydrogens is 376 g/mol. The summed E-state index contributed by atoms with van der Waals surface area (Å²) in [6, 6.07) is 6.63. The van der Waals surface area contributed by atoms with Crippen molar-refractivity contribution in [3.63, 3.8) is 0 Å². The van der Waals surface area contributed by atoms with Gasteiger partial charge in [0.1, 0.15) is 5.75 Å². The number of hydrogen-bond acceptors (Lipinski definition) is 4. The first-order valence-electron chi connectivity index (χ1n) is 10.4. The molecule has 1 atom stereocenters. The molecule has 7 heteroatoms. The van der Waals surface area contributed by atoms with Crippen molar-refractivity contribution in [2.24, 2.45) is 5.92 Å². The van der Waals surface area contributed by atoms with Gasteiger partial charge in [0.05, 0.1) is 4.90 Å². The molecule has 2 aliphatic rings. The van der Waals surface area contributed by atoms with E-state index in [4.69, 9.17) is 4.74 Å². The fourth-order valence-electron chi connectivity index (χ4n) is 3.89. The Balaban J connectivity index is 1.56. The summed E-state index contributed by atoms with van der Waals surface area (Å²) in [5, 5.41) is 3.05. The van der Waals surface area contributed by atoms with Crippen LogP contribution in [-0.2, 0) is 14.8 Å². The Kier molecular flexibility index (Phi) is 6.99. The molecule has 1 aromatic rings. The third-order valence-corrected chi connectivity index (χ3v) is 7.75. The summed E-state index contributed by atoms with van der Waals surface area (Å²) in [6.45, 7) is 5.01. The first-order valence-corrected chi connectivity index (χ1v) is 11.9. The maximum atomic E-state index is 12.8. The Morgan fingerprint density at radius 2 is 1.68 bits per heavy atom. The molecule has 0 spiro atoms. The average Bonchev–Trinajstić information content (AvgIpc) is 2.69. The molecule has 3 rings (SSSR count). The highest BCUT2D eigenvalue weighted by molar-refractivity contribution is 7.89. The van der Waals surface area contributed by atoms with Crippen molar-refractivity contribution >= 4 is 15.9 Å². The Morgan fingerprint density at radius 3 is 2.29 bits per heavy atom. The topological polar surface area (TPSA) is 75.7 Å². The first kappa shape index (κ1) is 21.1. The first-order chi connectivity index (χ1) is 13.4. The van der Waals surface area contributed by atoms with E-state index in [2.05, 4.69) is 12.2 Å². The molecule has 28 heavy (non-hydrogen) atoms. The average molecular weight is 409 g/mol. The van der Waals surface area contributed by atoms with Crippen LogP contribution in [0.15, 0.2) is 29.2 Å². The second-order valence-corrected chi connectivity index (χ2v) is 10.1. The van der Waals surface area contributed by atoms with Gasteiger partial charge < -0.3 is 10.1 Å². The van der Waals surface area contributed by atoms with Gasteiger partial charge in [-0.15, -0.1) is 0 Å². The number of nitrogens with zero attached hydrogens (tertiary/aromatic N) is 1. The Bertz CT molecular complexity index is 749. The molecule has 1 aliphatic heterocycles. The van der Waals surface area contributed by atoms with Crippen molar-refractivity contribution in [3.05, 3.63) is 24.3 Å². The smallest absolute Gasteiger partial charge is 0.260 e. The van der Waals surface area contributed by atoms with E-state index in [0.29, 0.717) is 24.8 Å². The van der Waals surface area contributed by atoms with E-state index in [1.165, 1.54) is 6.42 Å². The number of ether oxygens (including phenoxy) is 1. The molecule has 1 saturated carbocycles. The van der Waals surface area contributed by atoms with E-state index in [1.807, 2.05) is 0 Å². The summed E-state index contributed by atoms with van der Waals surface area (Å²) < 4.78 is 32.8. The van der Waals surface area contributed by atoms with Gasteiger partial charge in [-0.1, -0.05) is 26.2 Å². The number of nitrogens with one attached hydrogen (secondary N) is 1. The van der Waals surface area contributed by atoms with Crippen molar-refractivity contribution in [1.82, 2.24) is 9.62 Å². The number of amides is 1. The van der Waals surface area contributed by atoms with Crippen molar-refractivity contribution in [2.45, 2.75) is 75.8 Å². The molecule has 6 nitrogen and oxygen atoms in total. The van der Waals surface area contributed by atoms with Crippen molar-refractivity contribution in [1.29, 1.82) is 0 Å². The molecule has 1 aliphatic carbocycles. The van der Waals surface area contributed by atoms with Crippen LogP contribution in [0, 0.1) is 5.92 Å². The summed E-state index contributed by atoms with van der Waals surface area (Å²) >= 11 is 0. The lowest BCUT2D eigenvalue weighted by molar-refractivity contribution is -0.128. The zero-order valence-corrected chi connectivity index (χ0v) is 17.7. The van der Waals surface area contributed by atoms with E-state index in [0.717, 1.165) is 38.5 Å². The van der Waals surface area contributed by atoms with Crippen LogP contribution in [0.25, 0.3) is 0 Å². The van der Waals surface area contributed by atoms with Gasteiger partial charge in [-0.25, -0.2) is 8.42 Å². The van der Waals surface area contributed by atoms with Crippen LogP contribution in [-0.4, -0.2) is 43.9 Å². The van der Waals surface area contributed by atoms with Gasteiger partial charge in [0.15, 0.2) is 6.10 Å². The minimum Gasteiger partial charge on any atom is -0.481 e. The molecule has 0 unspecified atom stereocenters. The SMILES string of the molecule is CC1CCN(S(=O)(=O)c2ccc(O[C@H](C)C(=O)NC3CCCCC3)cc2)CC1. The largest absolute Gasteiger partial charge is 0.481 e. The lowest BCUT2D eigenvalue weighted by Gasteiger charge is -2.29. The lowest BCUT2D eigenvalue weighted by atomic mass is 9.95. The second kappa shape index (κ2) is 9.27. The summed E-state index contributed by atoms with van der Waals surface area (Å²) in [5.74, 6) is 0.951. The van der Waals surface area contributed by atoms with Crippen molar-refractivity contribution in [3.8, 4) is 5.75 Å². The van der Waals surface area contributed by atoms with Gasteiger partial charge in [-0.05, 0) is 62.8 Å². The fraction of sp³-hybridized carbons (Fsp3) is 0.667. The third kappa shape index (κ3) is 5.26. The predicted molar refractivity (Wildman–Crippen MR) is 109 cm³/mol. The molecule has 1 N–H and O–H groups in total. The van der Waals surface area contributed by atoms with Crippen LogP contribution in [0.4, 0.5) is 0 Å². The predicted octanol–water partition coefficient (Wildman–Crippen LogP) is 3.32. The monoisotopic (exact) mass is 408 g/mol. The summed E-state index contributed by atoms with van der Waals surface area (Å²) in [6.07, 6.45) is 6.79. The van der Waals surface area contributed by atoms with Crippen LogP contribution in [0.3, 0.4) is 0 Å². The normalized spacial score (nSPS) is 21.2. The lowest BCUT2D eigenvalue weighted by Crippen LogP contribution is -2.43. The number of carbonyl (C=O) groups is 1. The summed E-state index contributed by atoms with van der Waals surface area (Å²) in [7, 11) is -3.47. The highest BCUT2D eigenvalue weighted by Gasteiger charge is 2.28. The number of sulfonamides is 1. The molecule has 0 bridgehead atoms. The molecule has 156 valence electrons. The molecule has 0 aromatic heterocycles. The van der Waals surface area contributed by atoms with Crippen LogP contribution >= 0.6 is 0 Å². The zero-order valence-electron chi connectivity index (χ0n) is 16.9. The minimum absolute atomic E-state index is 0.119. The van der Waals surface area contributed by atoms with E-state index in [9.17, 15) is 13.2 Å². The van der Waals surface area contributed by atoms with Gasteiger partial charge in [-0.3, -0.25) is 4.79 Å². The minimum atomic E-state index is -3.47. The van der Waals surface area contributed by atoms with Gasteiger partial charge >= 0.3 is 0 Å².